The molecule has 0 atom stereocenters. The molecule has 0 saturated carbocycles. The molecule has 0 heterocycles. The van der Waals surface area contributed by atoms with Crippen LogP contribution in [0.2, 0.25) is 0 Å². The minimum Gasteiger partial charge on any atom is -0.491 e. The fourth-order valence-corrected chi connectivity index (χ4v) is 2.76. The topological polar surface area (TPSA) is 75.7 Å². The first-order valence-corrected chi connectivity index (χ1v) is 9.59. The second kappa shape index (κ2) is 8.88. The minimum atomic E-state index is -3.39. The number of carbonyl (C=O) groups excluding carboxylic acids is 1. The van der Waals surface area contributed by atoms with E-state index in [1.807, 2.05) is 20.8 Å². The molecule has 0 radical (unpaired) electrons. The van der Waals surface area contributed by atoms with Crippen LogP contribution in [0.1, 0.15) is 33.6 Å². The van der Waals surface area contributed by atoms with Crippen molar-refractivity contribution in [1.82, 2.24) is 4.31 Å². The van der Waals surface area contributed by atoms with Gasteiger partial charge in [-0.3, -0.25) is 4.79 Å². The lowest BCUT2D eigenvalue weighted by molar-refractivity contribution is -0.116. The Morgan fingerprint density at radius 1 is 1.26 bits per heavy atom. The molecule has 0 aromatic heterocycles. The van der Waals surface area contributed by atoms with Gasteiger partial charge < -0.3 is 10.1 Å². The van der Waals surface area contributed by atoms with Gasteiger partial charge in [0.15, 0.2) is 0 Å². The van der Waals surface area contributed by atoms with E-state index in [1.165, 1.54) is 4.31 Å². The van der Waals surface area contributed by atoms with E-state index in [0.717, 1.165) is 24.8 Å². The molecule has 1 N–H and O–H groups in total. The van der Waals surface area contributed by atoms with E-state index in [2.05, 4.69) is 5.32 Å². The Kier molecular flexibility index (Phi) is 7.51. The normalized spacial score (nSPS) is 11.7. The predicted octanol–water partition coefficient (Wildman–Crippen LogP) is 2.47. The van der Waals surface area contributed by atoms with Crippen LogP contribution in [-0.4, -0.2) is 44.1 Å². The molecule has 130 valence electrons. The first-order valence-electron chi connectivity index (χ1n) is 7.74. The molecule has 1 aromatic rings. The van der Waals surface area contributed by atoms with Crippen molar-refractivity contribution >= 4 is 21.6 Å². The maximum atomic E-state index is 12.0. The molecule has 0 saturated heterocycles. The maximum absolute atomic E-state index is 12.0. The molecule has 23 heavy (non-hydrogen) atoms. The number of carbonyl (C=O) groups is 1. The molecule has 0 aliphatic rings. The van der Waals surface area contributed by atoms with Crippen LogP contribution in [-0.2, 0) is 14.8 Å². The molecule has 1 rings (SSSR count). The molecule has 0 unspecified atom stereocenters. The Hall–Kier alpha value is -1.60. The van der Waals surface area contributed by atoms with Gasteiger partial charge in [-0.05, 0) is 44.5 Å². The van der Waals surface area contributed by atoms with Gasteiger partial charge in [0.25, 0.3) is 0 Å². The monoisotopic (exact) mass is 342 g/mol. The van der Waals surface area contributed by atoms with Gasteiger partial charge in [-0.15, -0.1) is 0 Å². The highest BCUT2D eigenvalue weighted by Crippen LogP contribution is 2.17. The molecular formula is C16H26N2O4S. The second-order valence-electron chi connectivity index (χ2n) is 5.69. The van der Waals surface area contributed by atoms with Crippen molar-refractivity contribution < 1.29 is 17.9 Å². The zero-order valence-corrected chi connectivity index (χ0v) is 15.0. The molecule has 1 aromatic carbocycles. The number of ether oxygens (including phenoxy) is 1. The number of anilines is 1. The smallest absolute Gasteiger partial charge is 0.239 e. The van der Waals surface area contributed by atoms with Gasteiger partial charge in [0.05, 0.1) is 18.9 Å². The third kappa shape index (κ3) is 7.47. The quantitative estimate of drug-likeness (QED) is 0.748. The summed E-state index contributed by atoms with van der Waals surface area (Å²) in [5.74, 6) is 0.364. The van der Waals surface area contributed by atoms with Gasteiger partial charge >= 0.3 is 0 Å². The van der Waals surface area contributed by atoms with Gasteiger partial charge in [0.1, 0.15) is 5.75 Å². The van der Waals surface area contributed by atoms with Gasteiger partial charge in [0, 0.05) is 12.2 Å². The Morgan fingerprint density at radius 3 is 2.35 bits per heavy atom. The Bertz CT molecular complexity index is 597. The van der Waals surface area contributed by atoms with Crippen LogP contribution in [0.25, 0.3) is 0 Å². The molecule has 0 aliphatic carbocycles. The van der Waals surface area contributed by atoms with Crippen LogP contribution in [0.4, 0.5) is 5.69 Å². The maximum Gasteiger partial charge on any atom is 0.239 e. The number of rotatable bonds is 9. The van der Waals surface area contributed by atoms with Crippen LogP contribution in [0.15, 0.2) is 24.3 Å². The molecule has 7 heteroatoms. The predicted molar refractivity (Wildman–Crippen MR) is 92.2 cm³/mol. The van der Waals surface area contributed by atoms with Crippen LogP contribution < -0.4 is 10.1 Å². The summed E-state index contributed by atoms with van der Waals surface area (Å²) in [4.78, 5) is 12.0. The largest absolute Gasteiger partial charge is 0.491 e. The number of nitrogens with one attached hydrogen (secondary N) is 1. The second-order valence-corrected chi connectivity index (χ2v) is 7.67. The van der Waals surface area contributed by atoms with Crippen molar-refractivity contribution in [3.05, 3.63) is 24.3 Å². The van der Waals surface area contributed by atoms with Crippen LogP contribution in [0.5, 0.6) is 5.75 Å². The summed E-state index contributed by atoms with van der Waals surface area (Å²) in [6.45, 7) is 6.02. The van der Waals surface area contributed by atoms with Crippen molar-refractivity contribution in [3.8, 4) is 5.75 Å². The third-order valence-electron chi connectivity index (χ3n) is 3.06. The van der Waals surface area contributed by atoms with Crippen LogP contribution >= 0.6 is 0 Å². The van der Waals surface area contributed by atoms with Crippen molar-refractivity contribution in [2.75, 3.05) is 24.7 Å². The molecule has 0 bridgehead atoms. The van der Waals surface area contributed by atoms with Gasteiger partial charge in [-0.25, -0.2) is 8.42 Å². The summed E-state index contributed by atoms with van der Waals surface area (Å²) in [5.41, 5.74) is 0.607. The van der Waals surface area contributed by atoms with Crippen molar-refractivity contribution in [3.63, 3.8) is 0 Å². The zero-order valence-electron chi connectivity index (χ0n) is 14.2. The molecule has 1 amide bonds. The molecule has 0 aliphatic heterocycles. The van der Waals surface area contributed by atoms with Crippen molar-refractivity contribution in [1.29, 1.82) is 0 Å². The van der Waals surface area contributed by atoms with Gasteiger partial charge in [0.2, 0.25) is 15.9 Å². The Balaban J connectivity index is 2.63. The van der Waals surface area contributed by atoms with E-state index in [0.29, 0.717) is 12.2 Å². The van der Waals surface area contributed by atoms with E-state index in [4.69, 9.17) is 4.74 Å². The average molecular weight is 342 g/mol. The van der Waals surface area contributed by atoms with E-state index in [-0.39, 0.29) is 18.6 Å². The lowest BCUT2D eigenvalue weighted by Crippen LogP contribution is -2.37. The Morgan fingerprint density at radius 2 is 1.87 bits per heavy atom. The van der Waals surface area contributed by atoms with E-state index < -0.39 is 10.0 Å². The summed E-state index contributed by atoms with van der Waals surface area (Å²) in [5, 5.41) is 2.70. The lowest BCUT2D eigenvalue weighted by atomic mass is 10.3. The van der Waals surface area contributed by atoms with E-state index in [9.17, 15) is 13.2 Å². The highest BCUT2D eigenvalue weighted by molar-refractivity contribution is 7.88. The highest BCUT2D eigenvalue weighted by atomic mass is 32.2. The van der Waals surface area contributed by atoms with Crippen LogP contribution in [0.3, 0.4) is 0 Å². The minimum absolute atomic E-state index is 0.0809. The zero-order chi connectivity index (χ0) is 17.5. The van der Waals surface area contributed by atoms with E-state index in [1.54, 1.807) is 24.3 Å². The van der Waals surface area contributed by atoms with Crippen LogP contribution in [0, 0.1) is 0 Å². The van der Waals surface area contributed by atoms with E-state index >= 15 is 0 Å². The summed E-state index contributed by atoms with van der Waals surface area (Å²) in [6.07, 6.45) is 2.79. The number of hydrogen-bond acceptors (Lipinski definition) is 4. The number of nitrogens with zero attached hydrogens (tertiary/aromatic N) is 1. The summed E-state index contributed by atoms with van der Waals surface area (Å²) < 4.78 is 30.1. The highest BCUT2D eigenvalue weighted by Gasteiger charge is 2.19. The SMILES string of the molecule is CCCCN(CC(=O)Nc1ccc(OC(C)C)cc1)S(C)(=O)=O. The lowest BCUT2D eigenvalue weighted by Gasteiger charge is -2.19. The first-order chi connectivity index (χ1) is 10.7. The summed E-state index contributed by atoms with van der Waals surface area (Å²) in [6, 6.07) is 6.99. The number of hydrogen-bond donors (Lipinski definition) is 1. The fraction of sp³-hybridized carbons (Fsp3) is 0.562. The number of unbranched alkanes of at least 4 members (excludes halogenated alkanes) is 1. The fourth-order valence-electron chi connectivity index (χ4n) is 1.95. The average Bonchev–Trinajstić information content (AvgIpc) is 2.43. The van der Waals surface area contributed by atoms with Crippen molar-refractivity contribution in [2.45, 2.75) is 39.7 Å². The first kappa shape index (κ1) is 19.4. The van der Waals surface area contributed by atoms with Gasteiger partial charge in [-0.2, -0.15) is 4.31 Å². The number of amides is 1. The number of sulfonamides is 1. The number of benzene rings is 1. The molecule has 6 nitrogen and oxygen atoms in total. The molecular weight excluding hydrogens is 316 g/mol. The standard InChI is InChI=1S/C16H26N2O4S/c1-5-6-11-18(23(4,20)21)12-16(19)17-14-7-9-15(10-8-14)22-13(2)3/h7-10,13H,5-6,11-12H2,1-4H3,(H,17,19). The molecule has 0 fully saturated rings. The summed E-state index contributed by atoms with van der Waals surface area (Å²) >= 11 is 0. The summed E-state index contributed by atoms with van der Waals surface area (Å²) in [7, 11) is -3.39. The third-order valence-corrected chi connectivity index (χ3v) is 4.31. The van der Waals surface area contributed by atoms with Crippen molar-refractivity contribution in [2.24, 2.45) is 0 Å². The Labute approximate surface area is 138 Å². The molecule has 0 spiro atoms. The van der Waals surface area contributed by atoms with Gasteiger partial charge in [-0.1, -0.05) is 13.3 Å².